The number of alkyl halides is 5. The summed E-state index contributed by atoms with van der Waals surface area (Å²) in [5.41, 5.74) is 1.70. The summed E-state index contributed by atoms with van der Waals surface area (Å²) in [7, 11) is 0. The Balaban J connectivity index is 1.96. The van der Waals surface area contributed by atoms with Gasteiger partial charge in [0.25, 0.3) is 6.43 Å². The Morgan fingerprint density at radius 1 is 1.26 bits per heavy atom. The van der Waals surface area contributed by atoms with Crippen LogP contribution in [0.2, 0.25) is 5.02 Å². The Morgan fingerprint density at radius 2 is 2.00 bits per heavy atom. The van der Waals surface area contributed by atoms with Crippen molar-refractivity contribution in [3.8, 4) is 0 Å². The summed E-state index contributed by atoms with van der Waals surface area (Å²) in [6.07, 6.45) is -6.93. The summed E-state index contributed by atoms with van der Waals surface area (Å²) in [5, 5.41) is 8.06. The standard InChI is InChI=1S/C16H11ClF5N5/c1-6-2-9(16(20,21)22)12(27-15(6)24-14(26-27)13(18)19)7-3-8-5-23-25-11(8)10(17)4-7/h2-5,13-14,26H,1H3,(H,23,25). The summed E-state index contributed by atoms with van der Waals surface area (Å²) in [6.45, 7) is 1.39. The quantitative estimate of drug-likeness (QED) is 0.737. The van der Waals surface area contributed by atoms with Gasteiger partial charge in [-0.1, -0.05) is 11.6 Å². The summed E-state index contributed by atoms with van der Waals surface area (Å²) in [4.78, 5) is 3.82. The molecule has 27 heavy (non-hydrogen) atoms. The van der Waals surface area contributed by atoms with E-state index in [9.17, 15) is 22.0 Å². The normalized spacial score (nSPS) is 20.4. The number of H-pyrrole nitrogens is 1. The zero-order valence-electron chi connectivity index (χ0n) is 13.6. The molecule has 0 aliphatic carbocycles. The number of nitrogens with zero attached hydrogens (tertiary/aromatic N) is 3. The van der Waals surface area contributed by atoms with Gasteiger partial charge in [-0.05, 0) is 30.7 Å². The van der Waals surface area contributed by atoms with Gasteiger partial charge in [0.2, 0.25) is 0 Å². The first-order valence-electron chi connectivity index (χ1n) is 7.72. The molecule has 0 bridgehead atoms. The first-order valence-corrected chi connectivity index (χ1v) is 8.10. The van der Waals surface area contributed by atoms with E-state index in [1.807, 2.05) is 0 Å². The lowest BCUT2D eigenvalue weighted by atomic mass is 9.98. The van der Waals surface area contributed by atoms with Crippen molar-refractivity contribution in [1.29, 1.82) is 0 Å². The third-order valence-electron chi connectivity index (χ3n) is 4.25. The number of benzene rings is 1. The molecule has 2 N–H and O–H groups in total. The molecule has 2 aromatic rings. The van der Waals surface area contributed by atoms with E-state index in [2.05, 4.69) is 20.6 Å². The smallest absolute Gasteiger partial charge is 0.276 e. The molecule has 1 atom stereocenters. The lowest BCUT2D eigenvalue weighted by molar-refractivity contribution is -0.0885. The maximum atomic E-state index is 13.7. The maximum Gasteiger partial charge on any atom is 0.418 e. The fourth-order valence-corrected chi connectivity index (χ4v) is 3.36. The minimum Gasteiger partial charge on any atom is -0.276 e. The monoisotopic (exact) mass is 403 g/mol. The molecule has 142 valence electrons. The number of amidine groups is 1. The second-order valence-corrected chi connectivity index (χ2v) is 6.48. The Labute approximate surface area is 154 Å². The second kappa shape index (κ2) is 6.03. The Morgan fingerprint density at radius 3 is 2.67 bits per heavy atom. The van der Waals surface area contributed by atoms with Crippen LogP contribution in [0.15, 0.2) is 40.5 Å². The van der Waals surface area contributed by atoms with Gasteiger partial charge >= 0.3 is 6.18 Å². The zero-order valence-corrected chi connectivity index (χ0v) is 14.3. The molecule has 0 saturated carbocycles. The number of aromatic amines is 1. The highest BCUT2D eigenvalue weighted by Crippen LogP contribution is 2.41. The predicted octanol–water partition coefficient (Wildman–Crippen LogP) is 4.26. The van der Waals surface area contributed by atoms with E-state index in [4.69, 9.17) is 11.6 Å². The molecule has 1 aromatic heterocycles. The second-order valence-electron chi connectivity index (χ2n) is 6.08. The van der Waals surface area contributed by atoms with Crippen molar-refractivity contribution >= 4 is 34.0 Å². The number of hydrazine groups is 1. The Bertz CT molecular complexity index is 1020. The third kappa shape index (κ3) is 2.88. The van der Waals surface area contributed by atoms with Crippen LogP contribution < -0.4 is 5.43 Å². The molecule has 0 saturated heterocycles. The topological polar surface area (TPSA) is 56.3 Å². The van der Waals surface area contributed by atoms with E-state index in [1.165, 1.54) is 25.3 Å². The number of halogens is 6. The van der Waals surface area contributed by atoms with Gasteiger partial charge in [0, 0.05) is 10.9 Å². The Hall–Kier alpha value is -2.46. The van der Waals surface area contributed by atoms with Gasteiger partial charge in [-0.3, -0.25) is 10.1 Å². The van der Waals surface area contributed by atoms with Crippen LogP contribution in [0.25, 0.3) is 16.6 Å². The third-order valence-corrected chi connectivity index (χ3v) is 4.54. The molecule has 0 fully saturated rings. The average Bonchev–Trinajstić information content (AvgIpc) is 3.20. The van der Waals surface area contributed by atoms with Gasteiger partial charge in [-0.15, -0.1) is 0 Å². The van der Waals surface area contributed by atoms with Crippen molar-refractivity contribution in [3.05, 3.63) is 46.1 Å². The van der Waals surface area contributed by atoms with E-state index in [-0.39, 0.29) is 27.7 Å². The van der Waals surface area contributed by atoms with Gasteiger partial charge in [-0.2, -0.15) is 23.7 Å². The van der Waals surface area contributed by atoms with Gasteiger partial charge in [0.05, 0.1) is 28.0 Å². The average molecular weight is 404 g/mol. The largest absolute Gasteiger partial charge is 0.418 e. The van der Waals surface area contributed by atoms with Gasteiger partial charge in [-0.25, -0.2) is 13.8 Å². The maximum absolute atomic E-state index is 13.7. The SMILES string of the molecule is CC1=CC(C(F)(F)F)=C(c2cc(Cl)c3[nH]ncc3c2)N2NC(C(F)F)N=C12. The van der Waals surface area contributed by atoms with Crippen molar-refractivity contribution in [3.63, 3.8) is 0 Å². The van der Waals surface area contributed by atoms with E-state index < -0.39 is 24.3 Å². The van der Waals surface area contributed by atoms with Crippen LogP contribution in [0.4, 0.5) is 22.0 Å². The van der Waals surface area contributed by atoms with Crippen molar-refractivity contribution < 1.29 is 22.0 Å². The summed E-state index contributed by atoms with van der Waals surface area (Å²) >= 11 is 6.16. The summed E-state index contributed by atoms with van der Waals surface area (Å²) in [5.74, 6) is 0.00622. The van der Waals surface area contributed by atoms with Crippen LogP contribution >= 0.6 is 11.6 Å². The van der Waals surface area contributed by atoms with Crippen molar-refractivity contribution in [2.45, 2.75) is 25.7 Å². The molecule has 1 aromatic carbocycles. The van der Waals surface area contributed by atoms with E-state index >= 15 is 0 Å². The minimum absolute atomic E-state index is 0.00622. The lowest BCUT2D eigenvalue weighted by Gasteiger charge is -2.31. The molecular formula is C16H11ClF5N5. The number of fused-ring (bicyclic) bond motifs is 2. The molecular weight excluding hydrogens is 393 g/mol. The molecule has 5 nitrogen and oxygen atoms in total. The van der Waals surface area contributed by atoms with Crippen LogP contribution in [0.3, 0.4) is 0 Å². The summed E-state index contributed by atoms with van der Waals surface area (Å²) in [6, 6.07) is 2.78. The molecule has 0 radical (unpaired) electrons. The van der Waals surface area contributed by atoms with E-state index in [0.717, 1.165) is 11.1 Å². The Kier molecular flexibility index (Phi) is 4.00. The van der Waals surface area contributed by atoms with Gasteiger partial charge in [0.15, 0.2) is 6.17 Å². The number of rotatable bonds is 2. The first kappa shape index (κ1) is 17.9. The van der Waals surface area contributed by atoms with Crippen molar-refractivity contribution in [1.82, 2.24) is 20.6 Å². The molecule has 4 rings (SSSR count). The number of nitrogens with one attached hydrogen (secondary N) is 2. The zero-order chi connectivity index (χ0) is 19.5. The lowest BCUT2D eigenvalue weighted by Crippen LogP contribution is -2.44. The summed E-state index contributed by atoms with van der Waals surface area (Å²) < 4.78 is 67.4. The molecule has 0 amide bonds. The van der Waals surface area contributed by atoms with Crippen molar-refractivity contribution in [2.24, 2.45) is 4.99 Å². The van der Waals surface area contributed by atoms with Crippen LogP contribution in [-0.2, 0) is 0 Å². The van der Waals surface area contributed by atoms with Crippen LogP contribution in [-0.4, -0.2) is 39.8 Å². The van der Waals surface area contributed by atoms with Crippen LogP contribution in [0, 0.1) is 0 Å². The number of hydrogen-bond donors (Lipinski definition) is 2. The first-order chi connectivity index (χ1) is 12.7. The molecule has 2 aliphatic heterocycles. The highest BCUT2D eigenvalue weighted by atomic mass is 35.5. The predicted molar refractivity (Wildman–Crippen MR) is 90.0 cm³/mol. The molecule has 1 unspecified atom stereocenters. The minimum atomic E-state index is -4.72. The number of allylic oxidation sites excluding steroid dienone is 2. The van der Waals surface area contributed by atoms with E-state index in [0.29, 0.717) is 10.9 Å². The van der Waals surface area contributed by atoms with E-state index in [1.54, 1.807) is 0 Å². The van der Waals surface area contributed by atoms with Crippen molar-refractivity contribution in [2.75, 3.05) is 0 Å². The van der Waals surface area contributed by atoms with Crippen LogP contribution in [0.1, 0.15) is 12.5 Å². The molecule has 2 aliphatic rings. The fraction of sp³-hybridized carbons (Fsp3) is 0.250. The van der Waals surface area contributed by atoms with Gasteiger partial charge in [0.1, 0.15) is 5.84 Å². The van der Waals surface area contributed by atoms with Gasteiger partial charge < -0.3 is 0 Å². The highest BCUT2D eigenvalue weighted by molar-refractivity contribution is 6.35. The molecule has 11 heteroatoms. The fourth-order valence-electron chi connectivity index (χ4n) is 3.09. The molecule has 3 heterocycles. The van der Waals surface area contributed by atoms with Crippen LogP contribution in [0.5, 0.6) is 0 Å². The highest BCUT2D eigenvalue weighted by Gasteiger charge is 2.44. The number of aromatic nitrogens is 2. The number of aliphatic imine (C=N–C) groups is 1. The molecule has 0 spiro atoms. The number of hydrogen-bond acceptors (Lipinski definition) is 4.